The zero-order valence-electron chi connectivity index (χ0n) is 13.0. The first-order chi connectivity index (χ1) is 10.1. The highest BCUT2D eigenvalue weighted by Crippen LogP contribution is 2.24. The van der Waals surface area contributed by atoms with E-state index in [4.69, 9.17) is 10.5 Å². The number of ether oxygens (including phenoxy) is 1. The first-order valence-electron chi connectivity index (χ1n) is 7.80. The third kappa shape index (κ3) is 4.21. The van der Waals surface area contributed by atoms with Gasteiger partial charge in [-0.15, -0.1) is 0 Å². The summed E-state index contributed by atoms with van der Waals surface area (Å²) >= 11 is 0. The normalized spacial score (nSPS) is 16.3. The maximum absolute atomic E-state index is 12.2. The molecule has 0 aliphatic carbocycles. The number of rotatable bonds is 5. The zero-order valence-corrected chi connectivity index (χ0v) is 13.0. The Balaban J connectivity index is 1.83. The summed E-state index contributed by atoms with van der Waals surface area (Å²) in [5, 5.41) is 0. The summed E-state index contributed by atoms with van der Waals surface area (Å²) in [6, 6.07) is 7.61. The second kappa shape index (κ2) is 7.46. The number of hydrogen-bond donors (Lipinski definition) is 1. The van der Waals surface area contributed by atoms with Gasteiger partial charge in [-0.05, 0) is 30.7 Å². The van der Waals surface area contributed by atoms with Crippen molar-refractivity contribution < 1.29 is 9.53 Å². The number of para-hydroxylation sites is 1. The molecule has 1 aliphatic rings. The molecule has 0 saturated carbocycles. The fraction of sp³-hybridized carbons (Fsp3) is 0.588. The van der Waals surface area contributed by atoms with Crippen molar-refractivity contribution in [3.8, 4) is 5.75 Å². The fourth-order valence-corrected chi connectivity index (χ4v) is 2.86. The third-order valence-corrected chi connectivity index (χ3v) is 4.38. The zero-order chi connectivity index (χ0) is 15.2. The number of nitrogens with zero attached hydrogens (tertiary/aromatic N) is 1. The van der Waals surface area contributed by atoms with Gasteiger partial charge >= 0.3 is 0 Å². The highest BCUT2D eigenvalue weighted by molar-refractivity contribution is 5.77. The molecule has 1 heterocycles. The van der Waals surface area contributed by atoms with Crippen LogP contribution >= 0.6 is 0 Å². The van der Waals surface area contributed by atoms with Crippen LogP contribution in [0.4, 0.5) is 0 Å². The van der Waals surface area contributed by atoms with Gasteiger partial charge in [-0.2, -0.15) is 0 Å². The van der Waals surface area contributed by atoms with Gasteiger partial charge in [-0.25, -0.2) is 0 Å². The Kier molecular flexibility index (Phi) is 5.62. The quantitative estimate of drug-likeness (QED) is 0.906. The smallest absolute Gasteiger partial charge is 0.260 e. The van der Waals surface area contributed by atoms with Gasteiger partial charge in [-0.1, -0.05) is 32.0 Å². The summed E-state index contributed by atoms with van der Waals surface area (Å²) < 4.78 is 5.65. The van der Waals surface area contributed by atoms with Crippen molar-refractivity contribution in [1.82, 2.24) is 4.90 Å². The lowest BCUT2D eigenvalue weighted by Gasteiger charge is -2.33. The molecule has 4 nitrogen and oxygen atoms in total. The second-order valence-corrected chi connectivity index (χ2v) is 6.06. The lowest BCUT2D eigenvalue weighted by Crippen LogP contribution is -2.41. The van der Waals surface area contributed by atoms with E-state index >= 15 is 0 Å². The van der Waals surface area contributed by atoms with E-state index in [1.54, 1.807) is 0 Å². The monoisotopic (exact) mass is 290 g/mol. The Morgan fingerprint density at radius 3 is 2.62 bits per heavy atom. The first kappa shape index (κ1) is 15.8. The molecule has 4 heteroatoms. The molecular weight excluding hydrogens is 264 g/mol. The van der Waals surface area contributed by atoms with E-state index in [9.17, 15) is 4.79 Å². The largest absolute Gasteiger partial charge is 0.483 e. The van der Waals surface area contributed by atoms with Gasteiger partial charge in [0.25, 0.3) is 5.91 Å². The molecule has 0 aromatic heterocycles. The molecule has 0 atom stereocenters. The lowest BCUT2D eigenvalue weighted by atomic mass is 9.87. The standard InChI is InChI=1S/C17H26N2O2/c1-13(2)14-7-9-19(10-8-14)17(20)12-21-16-6-4-3-5-15(16)11-18/h3-6,13-14H,7-12,18H2,1-2H3. The van der Waals surface area contributed by atoms with Crippen LogP contribution < -0.4 is 10.5 Å². The van der Waals surface area contributed by atoms with Crippen LogP contribution in [-0.2, 0) is 11.3 Å². The van der Waals surface area contributed by atoms with Crippen molar-refractivity contribution in [3.05, 3.63) is 29.8 Å². The Morgan fingerprint density at radius 1 is 1.33 bits per heavy atom. The predicted octanol–water partition coefficient (Wildman–Crippen LogP) is 2.42. The van der Waals surface area contributed by atoms with Gasteiger partial charge in [0.05, 0.1) is 0 Å². The van der Waals surface area contributed by atoms with Crippen molar-refractivity contribution in [1.29, 1.82) is 0 Å². The molecule has 0 bridgehead atoms. The topological polar surface area (TPSA) is 55.6 Å². The van der Waals surface area contributed by atoms with Gasteiger partial charge < -0.3 is 15.4 Å². The van der Waals surface area contributed by atoms with Crippen molar-refractivity contribution in [3.63, 3.8) is 0 Å². The number of hydrogen-bond acceptors (Lipinski definition) is 3. The first-order valence-corrected chi connectivity index (χ1v) is 7.80. The van der Waals surface area contributed by atoms with Crippen molar-refractivity contribution in [2.45, 2.75) is 33.2 Å². The minimum atomic E-state index is 0.0732. The maximum Gasteiger partial charge on any atom is 0.260 e. The summed E-state index contributed by atoms with van der Waals surface area (Å²) in [5.74, 6) is 2.23. The van der Waals surface area contributed by atoms with Gasteiger partial charge in [0.1, 0.15) is 5.75 Å². The molecule has 1 amide bonds. The van der Waals surface area contributed by atoms with Crippen molar-refractivity contribution in [2.24, 2.45) is 17.6 Å². The molecule has 116 valence electrons. The van der Waals surface area contributed by atoms with Crippen LogP contribution in [0.5, 0.6) is 5.75 Å². The van der Waals surface area contributed by atoms with E-state index in [1.807, 2.05) is 29.2 Å². The Hall–Kier alpha value is -1.55. The maximum atomic E-state index is 12.2. The Labute approximate surface area is 127 Å². The summed E-state index contributed by atoms with van der Waals surface area (Å²) in [6.07, 6.45) is 2.20. The fourth-order valence-electron chi connectivity index (χ4n) is 2.86. The molecule has 2 rings (SSSR count). The van der Waals surface area contributed by atoms with Crippen LogP contribution in [-0.4, -0.2) is 30.5 Å². The second-order valence-electron chi connectivity index (χ2n) is 6.06. The molecule has 1 aromatic carbocycles. The molecule has 1 saturated heterocycles. The SMILES string of the molecule is CC(C)C1CCN(C(=O)COc2ccccc2CN)CC1. The van der Waals surface area contributed by atoms with Crippen LogP contribution in [0.25, 0.3) is 0 Å². The molecule has 2 N–H and O–H groups in total. The number of likely N-dealkylation sites (tertiary alicyclic amines) is 1. The molecular formula is C17H26N2O2. The Bertz CT molecular complexity index is 466. The minimum absolute atomic E-state index is 0.0732. The number of benzene rings is 1. The molecule has 1 aliphatic heterocycles. The van der Waals surface area contributed by atoms with Crippen LogP contribution in [0.15, 0.2) is 24.3 Å². The molecule has 1 fully saturated rings. The van der Waals surface area contributed by atoms with E-state index in [1.165, 1.54) is 0 Å². The van der Waals surface area contributed by atoms with Gasteiger partial charge in [-0.3, -0.25) is 4.79 Å². The van der Waals surface area contributed by atoms with E-state index in [0.717, 1.165) is 37.4 Å². The molecule has 0 unspecified atom stereocenters. The highest BCUT2D eigenvalue weighted by Gasteiger charge is 2.24. The van der Waals surface area contributed by atoms with Crippen LogP contribution in [0, 0.1) is 11.8 Å². The molecule has 1 aromatic rings. The number of piperidine rings is 1. The van der Waals surface area contributed by atoms with Crippen molar-refractivity contribution >= 4 is 5.91 Å². The summed E-state index contributed by atoms with van der Waals surface area (Å²) in [5.41, 5.74) is 6.60. The van der Waals surface area contributed by atoms with Gasteiger partial charge in [0.15, 0.2) is 6.61 Å². The highest BCUT2D eigenvalue weighted by atomic mass is 16.5. The average molecular weight is 290 g/mol. The van der Waals surface area contributed by atoms with Gasteiger partial charge in [0.2, 0.25) is 0 Å². The van der Waals surface area contributed by atoms with E-state index in [2.05, 4.69) is 13.8 Å². The number of carbonyl (C=O) groups excluding carboxylic acids is 1. The average Bonchev–Trinajstić information content (AvgIpc) is 2.52. The minimum Gasteiger partial charge on any atom is -0.483 e. The van der Waals surface area contributed by atoms with E-state index in [0.29, 0.717) is 18.2 Å². The summed E-state index contributed by atoms with van der Waals surface area (Å²) in [4.78, 5) is 14.1. The number of carbonyl (C=O) groups is 1. The Morgan fingerprint density at radius 2 is 2.00 bits per heavy atom. The van der Waals surface area contributed by atoms with Gasteiger partial charge in [0, 0.05) is 25.2 Å². The van der Waals surface area contributed by atoms with Crippen LogP contribution in [0.1, 0.15) is 32.3 Å². The summed E-state index contributed by atoms with van der Waals surface area (Å²) in [7, 11) is 0. The third-order valence-electron chi connectivity index (χ3n) is 4.38. The number of amides is 1. The lowest BCUT2D eigenvalue weighted by molar-refractivity contribution is -0.135. The van der Waals surface area contributed by atoms with E-state index in [-0.39, 0.29) is 12.5 Å². The molecule has 0 spiro atoms. The van der Waals surface area contributed by atoms with Crippen LogP contribution in [0.3, 0.4) is 0 Å². The predicted molar refractivity (Wildman–Crippen MR) is 84.0 cm³/mol. The van der Waals surface area contributed by atoms with Crippen molar-refractivity contribution in [2.75, 3.05) is 19.7 Å². The molecule has 21 heavy (non-hydrogen) atoms. The number of nitrogens with two attached hydrogens (primary N) is 1. The summed E-state index contributed by atoms with van der Waals surface area (Å²) in [6.45, 7) is 6.74. The van der Waals surface area contributed by atoms with Crippen LogP contribution in [0.2, 0.25) is 0 Å². The van der Waals surface area contributed by atoms with E-state index < -0.39 is 0 Å². The molecule has 0 radical (unpaired) electrons.